The maximum atomic E-state index is 12.0. The Morgan fingerprint density at radius 2 is 1.89 bits per heavy atom. The summed E-state index contributed by atoms with van der Waals surface area (Å²) in [6.07, 6.45) is 3.87. The molecule has 0 atom stereocenters. The van der Waals surface area contributed by atoms with Crippen molar-refractivity contribution in [1.82, 2.24) is 9.47 Å². The lowest BCUT2D eigenvalue weighted by atomic mass is 9.92. The van der Waals surface area contributed by atoms with Crippen molar-refractivity contribution in [3.8, 4) is 17.0 Å². The van der Waals surface area contributed by atoms with Crippen LogP contribution in [0.5, 0.6) is 5.75 Å². The fraction of sp³-hybridized carbons (Fsp3) is 0.483. The quantitative estimate of drug-likeness (QED) is 0.363. The normalized spacial score (nSPS) is 16.6. The highest BCUT2D eigenvalue weighted by molar-refractivity contribution is 6.01. The zero-order valence-corrected chi connectivity index (χ0v) is 21.9. The van der Waals surface area contributed by atoms with Crippen molar-refractivity contribution in [1.29, 1.82) is 0 Å². The number of hydrogen-bond acceptors (Lipinski definition) is 6. The molecule has 1 aliphatic carbocycles. The van der Waals surface area contributed by atoms with Gasteiger partial charge < -0.3 is 24.5 Å². The summed E-state index contributed by atoms with van der Waals surface area (Å²) < 4.78 is 19.2. The molecule has 5 rings (SSSR count). The van der Waals surface area contributed by atoms with Gasteiger partial charge in [0.15, 0.2) is 0 Å². The van der Waals surface area contributed by atoms with Crippen LogP contribution in [0.3, 0.4) is 0 Å². The number of aromatic nitrogens is 1. The Bertz CT molecular complexity index is 1210. The predicted octanol–water partition coefficient (Wildman–Crippen LogP) is 5.67. The summed E-state index contributed by atoms with van der Waals surface area (Å²) in [6, 6.07) is 14.5. The summed E-state index contributed by atoms with van der Waals surface area (Å²) >= 11 is 0. The molecule has 1 aromatic heterocycles. The number of rotatable bonds is 9. The van der Waals surface area contributed by atoms with E-state index in [0.717, 1.165) is 85.7 Å². The molecule has 0 spiro atoms. The van der Waals surface area contributed by atoms with Crippen molar-refractivity contribution in [2.24, 2.45) is 0 Å². The first-order valence-corrected chi connectivity index (χ1v) is 13.4. The van der Waals surface area contributed by atoms with E-state index >= 15 is 0 Å². The van der Waals surface area contributed by atoms with E-state index in [9.17, 15) is 4.79 Å². The number of ether oxygens (including phenoxy) is 3. The van der Waals surface area contributed by atoms with Gasteiger partial charge >= 0.3 is 6.09 Å². The maximum absolute atomic E-state index is 12.0. The number of anilines is 2. The van der Waals surface area contributed by atoms with Gasteiger partial charge in [0.2, 0.25) is 0 Å². The van der Waals surface area contributed by atoms with Crippen molar-refractivity contribution < 1.29 is 19.0 Å². The zero-order chi connectivity index (χ0) is 25.8. The molecule has 1 saturated carbocycles. The Morgan fingerprint density at radius 3 is 2.57 bits per heavy atom. The Balaban J connectivity index is 1.35. The second-order valence-corrected chi connectivity index (χ2v) is 10.2. The molecule has 8 heteroatoms. The molecule has 2 aliphatic rings. The second kappa shape index (κ2) is 11.4. The molecule has 3 N–H and O–H groups in total. The van der Waals surface area contributed by atoms with Crippen LogP contribution in [0.1, 0.15) is 45.6 Å². The summed E-state index contributed by atoms with van der Waals surface area (Å²) in [5, 5.41) is 3.83. The molecule has 8 nitrogen and oxygen atoms in total. The highest BCUT2D eigenvalue weighted by atomic mass is 16.6. The first kappa shape index (κ1) is 25.4. The van der Waals surface area contributed by atoms with Gasteiger partial charge in [0, 0.05) is 48.4 Å². The number of carbonyl (C=O) groups is 1. The largest absolute Gasteiger partial charge is 0.493 e. The molecule has 2 aromatic carbocycles. The number of nitrogens with two attached hydrogens (primary N) is 1. The highest BCUT2D eigenvalue weighted by Crippen LogP contribution is 2.45. The summed E-state index contributed by atoms with van der Waals surface area (Å²) in [4.78, 5) is 14.4. The number of benzene rings is 2. The Hall–Kier alpha value is -3.23. The number of fused-ring (bicyclic) bond motifs is 1. The number of nitrogen functional groups attached to an aromatic ring is 1. The maximum Gasteiger partial charge on any atom is 0.411 e. The van der Waals surface area contributed by atoms with Gasteiger partial charge in [-0.05, 0) is 63.8 Å². The lowest BCUT2D eigenvalue weighted by Gasteiger charge is -2.30. The van der Waals surface area contributed by atoms with Crippen LogP contribution in [0, 0.1) is 0 Å². The van der Waals surface area contributed by atoms with E-state index < -0.39 is 6.09 Å². The predicted molar refractivity (Wildman–Crippen MR) is 147 cm³/mol. The smallest absolute Gasteiger partial charge is 0.411 e. The molecule has 3 aromatic rings. The molecule has 1 amide bonds. The zero-order valence-electron chi connectivity index (χ0n) is 21.9. The van der Waals surface area contributed by atoms with Crippen LogP contribution in [-0.2, 0) is 9.47 Å². The molecule has 37 heavy (non-hydrogen) atoms. The lowest BCUT2D eigenvalue weighted by Crippen LogP contribution is -2.37. The van der Waals surface area contributed by atoms with Gasteiger partial charge in [-0.15, -0.1) is 0 Å². The Kier molecular flexibility index (Phi) is 7.86. The molecule has 2 fully saturated rings. The Labute approximate surface area is 218 Å². The molecular formula is C29H38N4O4. The van der Waals surface area contributed by atoms with E-state index in [1.807, 2.05) is 44.2 Å². The highest BCUT2D eigenvalue weighted by Gasteiger charge is 2.27. The van der Waals surface area contributed by atoms with Crippen molar-refractivity contribution in [3.05, 3.63) is 42.5 Å². The molecular weight excluding hydrogens is 468 g/mol. The van der Waals surface area contributed by atoms with Crippen molar-refractivity contribution in [2.45, 2.75) is 51.7 Å². The third-order valence-corrected chi connectivity index (χ3v) is 7.19. The average Bonchev–Trinajstić information content (AvgIpc) is 3.13. The molecule has 0 bridgehead atoms. The number of morpholine rings is 1. The number of amides is 1. The van der Waals surface area contributed by atoms with Gasteiger partial charge in [-0.1, -0.05) is 12.1 Å². The number of nitrogens with one attached hydrogen (secondary N) is 1. The van der Waals surface area contributed by atoms with Crippen molar-refractivity contribution in [3.63, 3.8) is 0 Å². The number of nitrogens with zero attached hydrogens (tertiary/aromatic N) is 2. The first-order valence-electron chi connectivity index (χ1n) is 13.4. The second-order valence-electron chi connectivity index (χ2n) is 10.2. The molecule has 2 heterocycles. The molecule has 198 valence electrons. The molecule has 0 unspecified atom stereocenters. The first-order chi connectivity index (χ1) is 18.0. The fourth-order valence-electron chi connectivity index (χ4n) is 5.10. The fourth-order valence-corrected chi connectivity index (χ4v) is 5.10. The van der Waals surface area contributed by atoms with Gasteiger partial charge in [0.25, 0.3) is 0 Å². The summed E-state index contributed by atoms with van der Waals surface area (Å²) in [5.74, 6) is 0.877. The number of hydrogen-bond donors (Lipinski definition) is 2. The van der Waals surface area contributed by atoms with E-state index in [2.05, 4.69) is 26.9 Å². The minimum absolute atomic E-state index is 0.170. The minimum atomic E-state index is -0.455. The monoisotopic (exact) mass is 506 g/mol. The van der Waals surface area contributed by atoms with Crippen LogP contribution in [0.4, 0.5) is 16.2 Å². The summed E-state index contributed by atoms with van der Waals surface area (Å²) in [6.45, 7) is 9.01. The van der Waals surface area contributed by atoms with Crippen LogP contribution in [0.25, 0.3) is 22.2 Å². The summed E-state index contributed by atoms with van der Waals surface area (Å²) in [7, 11) is 0. The van der Waals surface area contributed by atoms with Crippen LogP contribution >= 0.6 is 0 Å². The van der Waals surface area contributed by atoms with Crippen molar-refractivity contribution >= 4 is 28.4 Å². The van der Waals surface area contributed by atoms with E-state index in [-0.39, 0.29) is 6.10 Å². The van der Waals surface area contributed by atoms with Gasteiger partial charge in [0.05, 0.1) is 42.8 Å². The third kappa shape index (κ3) is 5.86. The van der Waals surface area contributed by atoms with Crippen molar-refractivity contribution in [2.75, 3.05) is 50.5 Å². The van der Waals surface area contributed by atoms with E-state index in [0.29, 0.717) is 18.3 Å². The molecule has 0 radical (unpaired) electrons. The standard InChI is InChI=1S/C29H38N4O4/c1-20(2)37-29(34)31-22-9-7-21(8-10-22)28-27(30)25-12-11-24(19-26(25)33(28)23-5-3-6-23)36-16-4-13-32-14-17-35-18-15-32/h7-12,19-20,23H,3-6,13-18,30H2,1-2H3,(H,31,34). The van der Waals surface area contributed by atoms with Gasteiger partial charge in [0.1, 0.15) is 5.75 Å². The topological polar surface area (TPSA) is 91.0 Å². The van der Waals surface area contributed by atoms with Crippen LogP contribution in [-0.4, -0.2) is 61.1 Å². The molecule has 1 aliphatic heterocycles. The summed E-state index contributed by atoms with van der Waals surface area (Å²) in [5.41, 5.74) is 11.4. The van der Waals surface area contributed by atoms with E-state index in [1.165, 1.54) is 6.42 Å². The van der Waals surface area contributed by atoms with E-state index in [4.69, 9.17) is 19.9 Å². The Morgan fingerprint density at radius 1 is 1.14 bits per heavy atom. The van der Waals surface area contributed by atoms with Gasteiger partial charge in [-0.3, -0.25) is 10.2 Å². The van der Waals surface area contributed by atoms with Gasteiger partial charge in [-0.25, -0.2) is 4.79 Å². The van der Waals surface area contributed by atoms with E-state index in [1.54, 1.807) is 0 Å². The minimum Gasteiger partial charge on any atom is -0.493 e. The van der Waals surface area contributed by atoms with Gasteiger partial charge in [-0.2, -0.15) is 0 Å². The average molecular weight is 507 g/mol. The molecule has 1 saturated heterocycles. The van der Waals surface area contributed by atoms with Crippen LogP contribution < -0.4 is 15.8 Å². The van der Waals surface area contributed by atoms with Crippen LogP contribution in [0.2, 0.25) is 0 Å². The third-order valence-electron chi connectivity index (χ3n) is 7.19. The SMILES string of the molecule is CC(C)OC(=O)Nc1ccc(-c2c(N)c3ccc(OCCCN4CCOCC4)cc3n2C2CCC2)cc1. The van der Waals surface area contributed by atoms with Crippen LogP contribution in [0.15, 0.2) is 42.5 Å². The lowest BCUT2D eigenvalue weighted by molar-refractivity contribution is 0.0358. The number of carbonyl (C=O) groups excluding carboxylic acids is 1.